The number of rotatable bonds is 0. The molecule has 7 heavy (non-hydrogen) atoms. The average Bonchev–Trinajstić information content (AvgIpc) is 1.69. The van der Waals surface area contributed by atoms with Crippen LogP contribution in [-0.2, 0) is 0 Å². The molecule has 1 aliphatic heterocycles. The highest BCUT2D eigenvalue weighted by Gasteiger charge is 1.90. The summed E-state index contributed by atoms with van der Waals surface area (Å²) in [5.41, 5.74) is 5.37. The van der Waals surface area contributed by atoms with Crippen molar-refractivity contribution < 1.29 is 0 Å². The third-order valence-corrected chi connectivity index (χ3v) is 0.759. The first kappa shape index (κ1) is 4.40. The molecule has 1 radical (unpaired) electrons. The van der Waals surface area contributed by atoms with Crippen LogP contribution in [0.2, 0.25) is 0 Å². The molecule has 1 aliphatic rings. The number of nitrogens with one attached hydrogen (secondary N) is 1. The van der Waals surface area contributed by atoms with Gasteiger partial charge in [-0.1, -0.05) is 6.08 Å². The van der Waals surface area contributed by atoms with E-state index in [1.165, 1.54) is 0 Å². The molecule has 1 rings (SSSR count). The Morgan fingerprint density at radius 3 is 2.86 bits per heavy atom. The molecule has 1 atom stereocenters. The molecule has 0 aromatic carbocycles. The lowest BCUT2D eigenvalue weighted by atomic mass is 10.3. The summed E-state index contributed by atoms with van der Waals surface area (Å²) in [6.07, 6.45) is 8.13. The van der Waals surface area contributed by atoms with Gasteiger partial charge in [-0.2, -0.15) is 0 Å². The standard InChI is InChI=1S/C5H7N2/c6-5-3-1-2-4-7-5/h1,3-5,7H,6H2. The molecule has 0 saturated carbocycles. The topological polar surface area (TPSA) is 38.0 Å². The van der Waals surface area contributed by atoms with Gasteiger partial charge in [-0.3, -0.25) is 0 Å². The van der Waals surface area contributed by atoms with Crippen molar-refractivity contribution in [2.24, 2.45) is 5.73 Å². The lowest BCUT2D eigenvalue weighted by molar-refractivity contribution is 0.725. The molecule has 2 heteroatoms. The van der Waals surface area contributed by atoms with Crippen LogP contribution in [0.15, 0.2) is 18.4 Å². The largest absolute Gasteiger partial charge is 0.372 e. The summed E-state index contributed by atoms with van der Waals surface area (Å²) < 4.78 is 0. The minimum absolute atomic E-state index is 0.0127. The Morgan fingerprint density at radius 1 is 1.71 bits per heavy atom. The van der Waals surface area contributed by atoms with Crippen LogP contribution in [0.5, 0.6) is 0 Å². The van der Waals surface area contributed by atoms with Gasteiger partial charge in [-0.15, -0.1) is 0 Å². The molecule has 0 aliphatic carbocycles. The van der Waals surface area contributed by atoms with Gasteiger partial charge >= 0.3 is 0 Å². The van der Waals surface area contributed by atoms with Gasteiger partial charge in [-0.05, 0) is 12.2 Å². The first-order chi connectivity index (χ1) is 3.39. The molecule has 0 aromatic rings. The number of hydrogen-bond donors (Lipinski definition) is 2. The molecule has 1 unspecified atom stereocenters. The van der Waals surface area contributed by atoms with Crippen molar-refractivity contribution in [1.82, 2.24) is 5.32 Å². The third-order valence-electron chi connectivity index (χ3n) is 0.759. The summed E-state index contributed by atoms with van der Waals surface area (Å²) in [4.78, 5) is 0. The Labute approximate surface area is 42.7 Å². The van der Waals surface area contributed by atoms with Crippen molar-refractivity contribution in [2.75, 3.05) is 0 Å². The van der Waals surface area contributed by atoms with Gasteiger partial charge in [0.15, 0.2) is 0 Å². The van der Waals surface area contributed by atoms with Gasteiger partial charge in [0.1, 0.15) is 0 Å². The predicted octanol–water partition coefficient (Wildman–Crippen LogP) is -0.253. The number of dihydropyridines is 1. The lowest BCUT2D eigenvalue weighted by Crippen LogP contribution is -2.32. The summed E-state index contributed by atoms with van der Waals surface area (Å²) in [7, 11) is 0. The zero-order valence-corrected chi connectivity index (χ0v) is 3.89. The van der Waals surface area contributed by atoms with Crippen LogP contribution in [-0.4, -0.2) is 6.17 Å². The summed E-state index contributed by atoms with van der Waals surface area (Å²) in [5.74, 6) is 0. The second kappa shape index (κ2) is 1.80. The van der Waals surface area contributed by atoms with Crippen molar-refractivity contribution in [1.29, 1.82) is 0 Å². The zero-order valence-electron chi connectivity index (χ0n) is 3.89. The van der Waals surface area contributed by atoms with Gasteiger partial charge in [0, 0.05) is 6.20 Å². The monoisotopic (exact) mass is 95.1 g/mol. The maximum absolute atomic E-state index is 5.37. The molecular weight excluding hydrogens is 88.1 g/mol. The fraction of sp³-hybridized carbons (Fsp3) is 0.200. The van der Waals surface area contributed by atoms with Crippen LogP contribution in [0, 0.1) is 6.08 Å². The molecule has 0 spiro atoms. The molecule has 3 N–H and O–H groups in total. The Balaban J connectivity index is 2.49. The summed E-state index contributed by atoms with van der Waals surface area (Å²) in [6.45, 7) is 0. The lowest BCUT2D eigenvalue weighted by Gasteiger charge is -2.06. The Hall–Kier alpha value is -0.760. The predicted molar refractivity (Wildman–Crippen MR) is 28.1 cm³/mol. The fourth-order valence-electron chi connectivity index (χ4n) is 0.407. The van der Waals surface area contributed by atoms with Crippen LogP contribution >= 0.6 is 0 Å². The summed E-state index contributed by atoms with van der Waals surface area (Å²) >= 11 is 0. The maximum Gasteiger partial charge on any atom is 0.0934 e. The van der Waals surface area contributed by atoms with E-state index < -0.39 is 0 Å². The minimum atomic E-state index is -0.0127. The number of allylic oxidation sites excluding steroid dienone is 2. The van der Waals surface area contributed by atoms with E-state index in [0.717, 1.165) is 0 Å². The van der Waals surface area contributed by atoms with E-state index in [4.69, 9.17) is 5.73 Å². The number of hydrogen-bond acceptors (Lipinski definition) is 2. The highest BCUT2D eigenvalue weighted by molar-refractivity contribution is 5.04. The summed E-state index contributed by atoms with van der Waals surface area (Å²) in [5, 5.41) is 2.84. The van der Waals surface area contributed by atoms with Crippen LogP contribution in [0.3, 0.4) is 0 Å². The van der Waals surface area contributed by atoms with E-state index in [0.29, 0.717) is 0 Å². The molecule has 0 fully saturated rings. The Morgan fingerprint density at radius 2 is 2.57 bits per heavy atom. The molecule has 0 amide bonds. The molecule has 0 bridgehead atoms. The SMILES string of the molecule is NC1C=C[C]=CN1. The van der Waals surface area contributed by atoms with Gasteiger partial charge in [0.2, 0.25) is 0 Å². The Kier molecular flexibility index (Phi) is 1.13. The van der Waals surface area contributed by atoms with Crippen molar-refractivity contribution >= 4 is 0 Å². The van der Waals surface area contributed by atoms with Gasteiger partial charge in [-0.25, -0.2) is 0 Å². The van der Waals surface area contributed by atoms with Crippen molar-refractivity contribution in [3.05, 3.63) is 24.4 Å². The van der Waals surface area contributed by atoms with E-state index in [9.17, 15) is 0 Å². The van der Waals surface area contributed by atoms with E-state index in [2.05, 4.69) is 11.4 Å². The van der Waals surface area contributed by atoms with Crippen LogP contribution in [0.1, 0.15) is 0 Å². The van der Waals surface area contributed by atoms with Crippen molar-refractivity contribution in [3.8, 4) is 0 Å². The van der Waals surface area contributed by atoms with Gasteiger partial charge in [0.25, 0.3) is 0 Å². The van der Waals surface area contributed by atoms with Gasteiger partial charge in [0.05, 0.1) is 6.17 Å². The van der Waals surface area contributed by atoms with E-state index in [1.54, 1.807) is 12.3 Å². The zero-order chi connectivity index (χ0) is 5.11. The fourth-order valence-corrected chi connectivity index (χ4v) is 0.407. The summed E-state index contributed by atoms with van der Waals surface area (Å²) in [6, 6.07) is 0. The highest BCUT2D eigenvalue weighted by atomic mass is 15.0. The normalized spacial score (nSPS) is 27.3. The van der Waals surface area contributed by atoms with Crippen LogP contribution in [0.4, 0.5) is 0 Å². The minimum Gasteiger partial charge on any atom is -0.372 e. The van der Waals surface area contributed by atoms with Crippen LogP contribution < -0.4 is 11.1 Å². The molecule has 37 valence electrons. The van der Waals surface area contributed by atoms with Gasteiger partial charge < -0.3 is 11.1 Å². The van der Waals surface area contributed by atoms with Crippen molar-refractivity contribution in [2.45, 2.75) is 6.17 Å². The number of nitrogens with two attached hydrogens (primary N) is 1. The molecule has 2 nitrogen and oxygen atoms in total. The maximum atomic E-state index is 5.37. The first-order valence-electron chi connectivity index (χ1n) is 2.15. The molecule has 0 aromatic heterocycles. The Bertz CT molecular complexity index is 105. The third kappa shape index (κ3) is 1.05. The second-order valence-corrected chi connectivity index (χ2v) is 1.36. The van der Waals surface area contributed by atoms with Crippen molar-refractivity contribution in [3.63, 3.8) is 0 Å². The van der Waals surface area contributed by atoms with E-state index in [1.807, 2.05) is 6.08 Å². The molecular formula is C5H7N2. The second-order valence-electron chi connectivity index (χ2n) is 1.36. The molecule has 0 saturated heterocycles. The first-order valence-corrected chi connectivity index (χ1v) is 2.15. The van der Waals surface area contributed by atoms with Crippen LogP contribution in [0.25, 0.3) is 0 Å². The highest BCUT2D eigenvalue weighted by Crippen LogP contribution is 1.83. The quantitative estimate of drug-likeness (QED) is 0.435. The van der Waals surface area contributed by atoms with E-state index in [-0.39, 0.29) is 6.17 Å². The average molecular weight is 95.1 g/mol. The smallest absolute Gasteiger partial charge is 0.0934 e. The van der Waals surface area contributed by atoms with E-state index >= 15 is 0 Å². The molecule has 1 heterocycles.